The molecule has 0 bridgehead atoms. The molecule has 3 amide bonds. The van der Waals surface area contributed by atoms with Gasteiger partial charge in [0, 0.05) is 33.8 Å². The van der Waals surface area contributed by atoms with Crippen molar-refractivity contribution in [2.75, 3.05) is 16.0 Å². The van der Waals surface area contributed by atoms with Crippen molar-refractivity contribution in [1.82, 2.24) is 0 Å². The number of hydrogen-bond acceptors (Lipinski definition) is 3. The second kappa shape index (κ2) is 11.4. The molecule has 4 aromatic rings. The van der Waals surface area contributed by atoms with E-state index in [1.165, 1.54) is 0 Å². The molecule has 4 rings (SSSR count). The smallest absolute Gasteiger partial charge is 0.255 e. The van der Waals surface area contributed by atoms with Crippen molar-refractivity contribution >= 4 is 34.8 Å². The summed E-state index contributed by atoms with van der Waals surface area (Å²) in [6.07, 6.45) is 0. The highest BCUT2D eigenvalue weighted by molar-refractivity contribution is 6.09. The lowest BCUT2D eigenvalue weighted by Crippen LogP contribution is -2.16. The summed E-state index contributed by atoms with van der Waals surface area (Å²) in [5.41, 5.74) is 9.19. The molecule has 3 N–H and O–H groups in total. The van der Waals surface area contributed by atoms with Gasteiger partial charge in [0.25, 0.3) is 17.7 Å². The van der Waals surface area contributed by atoms with E-state index >= 15 is 0 Å². The van der Waals surface area contributed by atoms with Gasteiger partial charge in [0.05, 0.1) is 0 Å². The fraction of sp³-hybridized carbons (Fsp3) is 0.182. The average molecular weight is 520 g/mol. The lowest BCUT2D eigenvalue weighted by atomic mass is 10.1. The van der Waals surface area contributed by atoms with Crippen LogP contribution < -0.4 is 16.0 Å². The first-order chi connectivity index (χ1) is 18.5. The molecule has 0 atom stereocenters. The Labute approximate surface area is 229 Å². The molecule has 0 aliphatic carbocycles. The number of carbonyl (C=O) groups excluding carboxylic acids is 3. The van der Waals surface area contributed by atoms with Gasteiger partial charge in [-0.1, -0.05) is 18.2 Å². The number of rotatable bonds is 6. The highest BCUT2D eigenvalue weighted by atomic mass is 16.2. The van der Waals surface area contributed by atoms with Crippen LogP contribution in [0, 0.1) is 41.5 Å². The molecule has 0 saturated carbocycles. The Hall–Kier alpha value is -4.71. The molecule has 198 valence electrons. The Morgan fingerprint density at radius 1 is 0.385 bits per heavy atom. The number of nitrogens with one attached hydrogen (secondary N) is 3. The van der Waals surface area contributed by atoms with Crippen LogP contribution in [0.3, 0.4) is 0 Å². The molecule has 39 heavy (non-hydrogen) atoms. The molecule has 0 aliphatic rings. The zero-order valence-corrected chi connectivity index (χ0v) is 23.2. The number of hydrogen-bond donors (Lipinski definition) is 3. The van der Waals surface area contributed by atoms with Gasteiger partial charge in [-0.3, -0.25) is 14.4 Å². The van der Waals surface area contributed by atoms with Gasteiger partial charge in [0.2, 0.25) is 0 Å². The van der Waals surface area contributed by atoms with E-state index in [0.29, 0.717) is 33.8 Å². The molecule has 0 aliphatic heterocycles. The van der Waals surface area contributed by atoms with Crippen LogP contribution in [0.5, 0.6) is 0 Å². The van der Waals surface area contributed by atoms with Crippen LogP contribution in [-0.4, -0.2) is 17.7 Å². The highest BCUT2D eigenvalue weighted by Gasteiger charge is 2.14. The van der Waals surface area contributed by atoms with Crippen molar-refractivity contribution in [3.8, 4) is 0 Å². The Bertz CT molecular complexity index is 1400. The van der Waals surface area contributed by atoms with Gasteiger partial charge in [0.15, 0.2) is 0 Å². The number of amides is 3. The summed E-state index contributed by atoms with van der Waals surface area (Å²) in [7, 11) is 0. The van der Waals surface area contributed by atoms with Gasteiger partial charge < -0.3 is 16.0 Å². The van der Waals surface area contributed by atoms with E-state index in [0.717, 1.165) is 33.4 Å². The first-order valence-corrected chi connectivity index (χ1v) is 12.8. The number of anilines is 3. The molecule has 0 spiro atoms. The average Bonchev–Trinajstić information content (AvgIpc) is 2.88. The van der Waals surface area contributed by atoms with Crippen LogP contribution in [0.1, 0.15) is 64.5 Å². The Kier molecular flexibility index (Phi) is 7.96. The van der Waals surface area contributed by atoms with Crippen molar-refractivity contribution in [3.63, 3.8) is 0 Å². The van der Waals surface area contributed by atoms with E-state index in [1.54, 1.807) is 36.4 Å². The van der Waals surface area contributed by atoms with Crippen LogP contribution in [0.25, 0.3) is 0 Å². The molecular formula is C33H33N3O3. The van der Waals surface area contributed by atoms with E-state index in [4.69, 9.17) is 0 Å². The predicted octanol–water partition coefficient (Wildman–Crippen LogP) is 7.29. The van der Waals surface area contributed by atoms with E-state index in [9.17, 15) is 14.4 Å². The summed E-state index contributed by atoms with van der Waals surface area (Å²) in [5.74, 6) is -0.869. The lowest BCUT2D eigenvalue weighted by molar-refractivity contribution is 0.101. The third-order valence-corrected chi connectivity index (χ3v) is 7.01. The molecule has 6 heteroatoms. The number of carbonyl (C=O) groups is 3. The quantitative estimate of drug-likeness (QED) is 0.250. The third kappa shape index (κ3) is 6.60. The molecule has 4 aromatic carbocycles. The summed E-state index contributed by atoms with van der Waals surface area (Å²) < 4.78 is 0. The Morgan fingerprint density at radius 3 is 0.872 bits per heavy atom. The Balaban J connectivity index is 1.64. The summed E-state index contributed by atoms with van der Waals surface area (Å²) in [5, 5.41) is 8.71. The zero-order chi connectivity index (χ0) is 28.3. The predicted molar refractivity (Wildman–Crippen MR) is 158 cm³/mol. The van der Waals surface area contributed by atoms with Crippen LogP contribution in [0.4, 0.5) is 17.1 Å². The van der Waals surface area contributed by atoms with Gasteiger partial charge in [-0.15, -0.1) is 0 Å². The van der Waals surface area contributed by atoms with Gasteiger partial charge in [-0.2, -0.15) is 0 Å². The zero-order valence-electron chi connectivity index (χ0n) is 23.2. The van der Waals surface area contributed by atoms with Gasteiger partial charge in [-0.05, 0) is 130 Å². The molecule has 6 nitrogen and oxygen atoms in total. The van der Waals surface area contributed by atoms with Gasteiger partial charge >= 0.3 is 0 Å². The summed E-state index contributed by atoms with van der Waals surface area (Å²) in [6, 6.07) is 21.5. The topological polar surface area (TPSA) is 87.3 Å². The SMILES string of the molecule is Cc1ccc(C(=O)Nc2cc(NC(=O)c3ccc(C)c(C)c3)cc(NC(=O)c3ccc(C)c(C)c3)c2)cc1C. The van der Waals surface area contributed by atoms with Crippen LogP contribution in [0.2, 0.25) is 0 Å². The van der Waals surface area contributed by atoms with Crippen LogP contribution >= 0.6 is 0 Å². The van der Waals surface area contributed by atoms with E-state index in [1.807, 2.05) is 77.9 Å². The van der Waals surface area contributed by atoms with Crippen LogP contribution in [0.15, 0.2) is 72.8 Å². The second-order valence-electron chi connectivity index (χ2n) is 10.1. The Morgan fingerprint density at radius 2 is 0.641 bits per heavy atom. The monoisotopic (exact) mass is 519 g/mol. The van der Waals surface area contributed by atoms with E-state index in [-0.39, 0.29) is 17.7 Å². The minimum atomic E-state index is -0.290. The fourth-order valence-electron chi connectivity index (χ4n) is 4.10. The molecule has 0 saturated heterocycles. The molecule has 0 unspecified atom stereocenters. The van der Waals surface area contributed by atoms with Crippen LogP contribution in [-0.2, 0) is 0 Å². The van der Waals surface area contributed by atoms with E-state index < -0.39 is 0 Å². The first-order valence-electron chi connectivity index (χ1n) is 12.8. The van der Waals surface area contributed by atoms with Crippen molar-refractivity contribution in [1.29, 1.82) is 0 Å². The number of aryl methyl sites for hydroxylation is 6. The van der Waals surface area contributed by atoms with Crippen molar-refractivity contribution in [2.45, 2.75) is 41.5 Å². The molecule has 0 heterocycles. The third-order valence-electron chi connectivity index (χ3n) is 7.01. The fourth-order valence-corrected chi connectivity index (χ4v) is 4.10. The van der Waals surface area contributed by atoms with Crippen molar-refractivity contribution < 1.29 is 14.4 Å². The lowest BCUT2D eigenvalue weighted by Gasteiger charge is -2.14. The van der Waals surface area contributed by atoms with E-state index in [2.05, 4.69) is 16.0 Å². The highest BCUT2D eigenvalue weighted by Crippen LogP contribution is 2.25. The standard InChI is InChI=1S/C33H33N3O3/c1-19-7-10-25(13-22(19)4)31(37)34-28-16-29(35-32(38)26-11-8-20(2)23(5)14-26)18-30(17-28)36-33(39)27-12-9-21(3)24(6)15-27/h7-18H,1-6H3,(H,34,37)(H,35,38)(H,36,39). The van der Waals surface area contributed by atoms with Crippen molar-refractivity contribution in [2.24, 2.45) is 0 Å². The molecular weight excluding hydrogens is 486 g/mol. The van der Waals surface area contributed by atoms with Gasteiger partial charge in [0.1, 0.15) is 0 Å². The second-order valence-corrected chi connectivity index (χ2v) is 10.1. The molecule has 0 radical (unpaired) electrons. The summed E-state index contributed by atoms with van der Waals surface area (Å²) >= 11 is 0. The minimum absolute atomic E-state index is 0.290. The molecule has 0 fully saturated rings. The molecule has 0 aromatic heterocycles. The van der Waals surface area contributed by atoms with Gasteiger partial charge in [-0.25, -0.2) is 0 Å². The maximum atomic E-state index is 13.0. The number of benzene rings is 4. The normalized spacial score (nSPS) is 10.6. The maximum absolute atomic E-state index is 13.0. The van der Waals surface area contributed by atoms with Crippen molar-refractivity contribution in [3.05, 3.63) is 123 Å². The summed E-state index contributed by atoms with van der Waals surface area (Å²) in [4.78, 5) is 39.1. The first kappa shape index (κ1) is 27.3. The maximum Gasteiger partial charge on any atom is 0.255 e. The minimum Gasteiger partial charge on any atom is -0.322 e. The largest absolute Gasteiger partial charge is 0.322 e. The summed E-state index contributed by atoms with van der Waals surface area (Å²) in [6.45, 7) is 11.8.